The van der Waals surface area contributed by atoms with Gasteiger partial charge in [-0.1, -0.05) is 60.6 Å². The Morgan fingerprint density at radius 1 is 1.21 bits per heavy atom. The second kappa shape index (κ2) is 6.89. The number of hydrogen-bond donors (Lipinski definition) is 0. The van der Waals surface area contributed by atoms with Crippen LogP contribution in [-0.2, 0) is 11.3 Å². The van der Waals surface area contributed by atoms with Gasteiger partial charge in [-0.15, -0.1) is 0 Å². The number of aliphatic imine (C=N–C) groups is 1. The zero-order chi connectivity index (χ0) is 17.1. The van der Waals surface area contributed by atoms with E-state index in [-0.39, 0.29) is 11.9 Å². The number of amides is 2. The molecule has 122 valence electrons. The van der Waals surface area contributed by atoms with Crippen LogP contribution in [-0.4, -0.2) is 16.8 Å². The van der Waals surface area contributed by atoms with E-state index in [1.165, 1.54) is 0 Å². The summed E-state index contributed by atoms with van der Waals surface area (Å²) in [7, 11) is 0. The Morgan fingerprint density at radius 2 is 1.88 bits per heavy atom. The third-order valence-electron chi connectivity index (χ3n) is 3.67. The van der Waals surface area contributed by atoms with Crippen molar-refractivity contribution in [2.45, 2.75) is 19.7 Å². The summed E-state index contributed by atoms with van der Waals surface area (Å²) in [5.74, 6) is 0.268. The van der Waals surface area contributed by atoms with Crippen LogP contribution in [0.5, 0.6) is 0 Å². The van der Waals surface area contributed by atoms with Gasteiger partial charge < -0.3 is 4.74 Å². The Bertz CT molecular complexity index is 785. The van der Waals surface area contributed by atoms with Gasteiger partial charge in [-0.25, -0.2) is 4.79 Å². The fraction of sp³-hybridized carbons (Fsp3) is 0.158. The van der Waals surface area contributed by atoms with Crippen LogP contribution in [0.4, 0.5) is 4.79 Å². The molecule has 0 bridgehead atoms. The summed E-state index contributed by atoms with van der Waals surface area (Å²) in [4.78, 5) is 18.2. The molecule has 4 nitrogen and oxygen atoms in total. The van der Waals surface area contributed by atoms with Crippen LogP contribution in [0.3, 0.4) is 0 Å². The van der Waals surface area contributed by atoms with E-state index in [0.29, 0.717) is 17.1 Å². The molecule has 1 aliphatic rings. The molecule has 5 heteroatoms. The summed E-state index contributed by atoms with van der Waals surface area (Å²) in [6.07, 6.45) is -0.570. The first-order valence-electron chi connectivity index (χ1n) is 7.56. The quantitative estimate of drug-likeness (QED) is 0.788. The number of rotatable bonds is 4. The molecular weight excluding hydrogens is 324 g/mol. The second-order valence-electron chi connectivity index (χ2n) is 5.62. The summed E-state index contributed by atoms with van der Waals surface area (Å²) in [5.41, 5.74) is 2.45. The standard InChI is InChI=1S/C19H17ClN2O2/c1-13(2)17-21-19(23)22(12-14-6-4-3-5-7-14)18(24-17)15-8-10-16(20)11-9-15/h3-11,18H,1,12H2,2H3. The Balaban J connectivity index is 1.96. The van der Waals surface area contributed by atoms with Gasteiger partial charge in [0.25, 0.3) is 0 Å². The molecule has 0 saturated heterocycles. The molecule has 0 radical (unpaired) electrons. The molecule has 2 amide bonds. The average molecular weight is 341 g/mol. The van der Waals surface area contributed by atoms with Crippen LogP contribution in [0.15, 0.2) is 71.7 Å². The normalized spacial score (nSPS) is 17.2. The number of hydrogen-bond acceptors (Lipinski definition) is 2. The summed E-state index contributed by atoms with van der Waals surface area (Å²) < 4.78 is 5.94. The molecule has 2 aromatic rings. The molecule has 1 atom stereocenters. The van der Waals surface area contributed by atoms with E-state index in [2.05, 4.69) is 11.6 Å². The molecule has 0 aliphatic carbocycles. The Morgan fingerprint density at radius 3 is 2.50 bits per heavy atom. The minimum absolute atomic E-state index is 0.268. The smallest absolute Gasteiger partial charge is 0.350 e. The lowest BCUT2D eigenvalue weighted by Gasteiger charge is -2.34. The van der Waals surface area contributed by atoms with Gasteiger partial charge in [0.05, 0.1) is 6.54 Å². The molecule has 0 saturated carbocycles. The number of nitrogens with zero attached hydrogens (tertiary/aromatic N) is 2. The van der Waals surface area contributed by atoms with Crippen LogP contribution < -0.4 is 0 Å². The average Bonchev–Trinajstić information content (AvgIpc) is 2.58. The van der Waals surface area contributed by atoms with Crippen LogP contribution >= 0.6 is 11.6 Å². The van der Waals surface area contributed by atoms with Crippen LogP contribution in [0.25, 0.3) is 0 Å². The van der Waals surface area contributed by atoms with Crippen molar-refractivity contribution in [1.29, 1.82) is 0 Å². The molecule has 0 aromatic heterocycles. The Kier molecular flexibility index (Phi) is 4.67. The van der Waals surface area contributed by atoms with Crippen molar-refractivity contribution < 1.29 is 9.53 Å². The monoisotopic (exact) mass is 340 g/mol. The molecule has 0 spiro atoms. The molecule has 3 rings (SSSR count). The lowest BCUT2D eigenvalue weighted by atomic mass is 10.1. The van der Waals surface area contributed by atoms with Gasteiger partial charge in [-0.2, -0.15) is 4.99 Å². The van der Waals surface area contributed by atoms with Gasteiger partial charge in [0.2, 0.25) is 12.1 Å². The second-order valence-corrected chi connectivity index (χ2v) is 6.05. The molecule has 1 heterocycles. The highest BCUT2D eigenvalue weighted by atomic mass is 35.5. The molecular formula is C19H17ClN2O2. The van der Waals surface area contributed by atoms with E-state index >= 15 is 0 Å². The topological polar surface area (TPSA) is 41.9 Å². The van der Waals surface area contributed by atoms with E-state index in [1.807, 2.05) is 42.5 Å². The van der Waals surface area contributed by atoms with E-state index in [1.54, 1.807) is 24.0 Å². The zero-order valence-electron chi connectivity index (χ0n) is 13.3. The number of ether oxygens (including phenoxy) is 1. The molecule has 2 aromatic carbocycles. The molecule has 0 fully saturated rings. The van der Waals surface area contributed by atoms with Crippen molar-refractivity contribution in [3.63, 3.8) is 0 Å². The first kappa shape index (κ1) is 16.3. The maximum absolute atomic E-state index is 12.6. The molecule has 0 N–H and O–H groups in total. The fourth-order valence-electron chi connectivity index (χ4n) is 2.45. The highest BCUT2D eigenvalue weighted by Crippen LogP contribution is 2.30. The molecule has 1 aliphatic heterocycles. The Hall–Kier alpha value is -2.59. The van der Waals surface area contributed by atoms with Crippen molar-refractivity contribution in [3.05, 3.63) is 82.9 Å². The summed E-state index contributed by atoms with van der Waals surface area (Å²) in [6, 6.07) is 16.6. The lowest BCUT2D eigenvalue weighted by Crippen LogP contribution is -2.39. The van der Waals surface area contributed by atoms with Gasteiger partial charge in [-0.05, 0) is 24.6 Å². The third-order valence-corrected chi connectivity index (χ3v) is 3.92. The predicted molar refractivity (Wildman–Crippen MR) is 94.9 cm³/mol. The zero-order valence-corrected chi connectivity index (χ0v) is 14.0. The van der Waals surface area contributed by atoms with Gasteiger partial charge in [0.15, 0.2) is 0 Å². The third kappa shape index (κ3) is 3.49. The largest absolute Gasteiger partial charge is 0.449 e. The van der Waals surface area contributed by atoms with Crippen molar-refractivity contribution >= 4 is 23.5 Å². The predicted octanol–water partition coefficient (Wildman–Crippen LogP) is 4.97. The fourth-order valence-corrected chi connectivity index (χ4v) is 2.58. The summed E-state index contributed by atoms with van der Waals surface area (Å²) >= 11 is 5.97. The molecule has 24 heavy (non-hydrogen) atoms. The Labute approximate surface area is 146 Å². The number of urea groups is 1. The number of carbonyl (C=O) groups is 1. The SMILES string of the molecule is C=C(C)C1=NC(=O)N(Cc2ccccc2)C(c2ccc(Cl)cc2)O1. The lowest BCUT2D eigenvalue weighted by molar-refractivity contribution is 0.0282. The number of carbonyl (C=O) groups excluding carboxylic acids is 1. The maximum atomic E-state index is 12.6. The first-order valence-corrected chi connectivity index (χ1v) is 7.93. The maximum Gasteiger partial charge on any atom is 0.350 e. The van der Waals surface area contributed by atoms with Gasteiger partial charge in [0, 0.05) is 16.2 Å². The first-order chi connectivity index (χ1) is 11.5. The van der Waals surface area contributed by atoms with Crippen molar-refractivity contribution in [1.82, 2.24) is 4.90 Å². The van der Waals surface area contributed by atoms with E-state index < -0.39 is 6.23 Å². The van der Waals surface area contributed by atoms with Crippen LogP contribution in [0.1, 0.15) is 24.3 Å². The van der Waals surface area contributed by atoms with Crippen molar-refractivity contribution in [3.8, 4) is 0 Å². The van der Waals surface area contributed by atoms with E-state index in [9.17, 15) is 4.79 Å². The van der Waals surface area contributed by atoms with Crippen molar-refractivity contribution in [2.75, 3.05) is 0 Å². The van der Waals surface area contributed by atoms with Gasteiger partial charge in [-0.3, -0.25) is 4.90 Å². The minimum atomic E-state index is -0.570. The van der Waals surface area contributed by atoms with Crippen LogP contribution in [0, 0.1) is 0 Å². The van der Waals surface area contributed by atoms with E-state index in [4.69, 9.17) is 16.3 Å². The highest BCUT2D eigenvalue weighted by Gasteiger charge is 2.32. The van der Waals surface area contributed by atoms with Gasteiger partial charge in [0.1, 0.15) is 0 Å². The summed E-state index contributed by atoms with van der Waals surface area (Å²) in [5, 5.41) is 0.629. The van der Waals surface area contributed by atoms with Crippen LogP contribution in [0.2, 0.25) is 5.02 Å². The number of benzene rings is 2. The van der Waals surface area contributed by atoms with E-state index in [0.717, 1.165) is 11.1 Å². The minimum Gasteiger partial charge on any atom is -0.449 e. The van der Waals surface area contributed by atoms with Gasteiger partial charge >= 0.3 is 6.03 Å². The van der Waals surface area contributed by atoms with Crippen molar-refractivity contribution in [2.24, 2.45) is 4.99 Å². The number of halogens is 1. The highest BCUT2D eigenvalue weighted by molar-refractivity contribution is 6.30. The summed E-state index contributed by atoms with van der Waals surface area (Å²) in [6.45, 7) is 5.98. The molecule has 1 unspecified atom stereocenters.